The molecule has 2 saturated carbocycles. The average molecular weight is 242 g/mol. The van der Waals surface area contributed by atoms with Crippen molar-refractivity contribution in [3.8, 4) is 0 Å². The second-order valence-electron chi connectivity index (χ2n) is 5.44. The first-order valence-corrected chi connectivity index (χ1v) is 6.66. The maximum Gasteiger partial charge on any atom is 0.271 e. The summed E-state index contributed by atoms with van der Waals surface area (Å²) in [6.45, 7) is 1.94. The molecule has 3 rings (SSSR count). The van der Waals surface area contributed by atoms with Gasteiger partial charge < -0.3 is 0 Å². The van der Waals surface area contributed by atoms with Gasteiger partial charge in [0.2, 0.25) is 0 Å². The summed E-state index contributed by atoms with van der Waals surface area (Å²) in [5.41, 5.74) is 5.62. The second kappa shape index (κ2) is 4.56. The fourth-order valence-electron chi connectivity index (χ4n) is 3.17. The number of hydrazone groups is 1. The Balaban J connectivity index is 1.69. The predicted molar refractivity (Wildman–Crippen MR) is 71.5 cm³/mol. The number of nitrogens with one attached hydrogen (secondary N) is 1. The number of rotatable bonds is 2. The molecule has 94 valence electrons. The Morgan fingerprint density at radius 3 is 2.83 bits per heavy atom. The van der Waals surface area contributed by atoms with Crippen LogP contribution in [0.15, 0.2) is 29.4 Å². The van der Waals surface area contributed by atoms with Crippen molar-refractivity contribution in [3.63, 3.8) is 0 Å². The SMILES string of the molecule is Cc1ccccc1C(=O)NN=C1CC2CCC1C2. The van der Waals surface area contributed by atoms with Gasteiger partial charge in [0.25, 0.3) is 5.91 Å². The monoisotopic (exact) mass is 242 g/mol. The van der Waals surface area contributed by atoms with Gasteiger partial charge in [-0.3, -0.25) is 4.79 Å². The van der Waals surface area contributed by atoms with E-state index < -0.39 is 0 Å². The van der Waals surface area contributed by atoms with E-state index in [1.54, 1.807) is 0 Å². The molecule has 1 aromatic rings. The van der Waals surface area contributed by atoms with Crippen LogP contribution in [0.4, 0.5) is 0 Å². The van der Waals surface area contributed by atoms with Gasteiger partial charge in [-0.1, -0.05) is 18.2 Å². The van der Waals surface area contributed by atoms with Crippen molar-refractivity contribution in [2.75, 3.05) is 0 Å². The molecule has 2 aliphatic carbocycles. The van der Waals surface area contributed by atoms with Crippen LogP contribution in [-0.4, -0.2) is 11.6 Å². The highest BCUT2D eigenvalue weighted by molar-refractivity contribution is 5.97. The van der Waals surface area contributed by atoms with E-state index in [1.165, 1.54) is 25.0 Å². The Bertz CT molecular complexity index is 507. The van der Waals surface area contributed by atoms with E-state index >= 15 is 0 Å². The van der Waals surface area contributed by atoms with Gasteiger partial charge in [0.1, 0.15) is 0 Å². The van der Waals surface area contributed by atoms with Crippen molar-refractivity contribution in [1.82, 2.24) is 5.43 Å². The lowest BCUT2D eigenvalue weighted by Crippen LogP contribution is -2.22. The van der Waals surface area contributed by atoms with Gasteiger partial charge in [0.05, 0.1) is 0 Å². The summed E-state index contributed by atoms with van der Waals surface area (Å²) < 4.78 is 0. The average Bonchev–Trinajstić information content (AvgIpc) is 2.98. The van der Waals surface area contributed by atoms with Crippen LogP contribution in [0.25, 0.3) is 0 Å². The molecule has 2 aliphatic rings. The normalized spacial score (nSPS) is 27.7. The number of benzene rings is 1. The summed E-state index contributed by atoms with van der Waals surface area (Å²) in [4.78, 5) is 12.0. The van der Waals surface area contributed by atoms with Gasteiger partial charge >= 0.3 is 0 Å². The topological polar surface area (TPSA) is 41.5 Å². The van der Waals surface area contributed by atoms with Gasteiger partial charge in [-0.25, -0.2) is 5.43 Å². The highest BCUT2D eigenvalue weighted by Gasteiger charge is 2.36. The van der Waals surface area contributed by atoms with Crippen molar-refractivity contribution in [2.45, 2.75) is 32.6 Å². The molecule has 0 aliphatic heterocycles. The number of carbonyl (C=O) groups excluding carboxylic acids is 1. The lowest BCUT2D eigenvalue weighted by atomic mass is 9.99. The zero-order valence-electron chi connectivity index (χ0n) is 10.6. The molecule has 18 heavy (non-hydrogen) atoms. The molecule has 3 heteroatoms. The Hall–Kier alpha value is -1.64. The minimum atomic E-state index is -0.0941. The number of hydrogen-bond donors (Lipinski definition) is 1. The molecule has 2 atom stereocenters. The molecule has 1 amide bonds. The lowest BCUT2D eigenvalue weighted by Gasteiger charge is -2.12. The molecular weight excluding hydrogens is 224 g/mol. The highest BCUT2D eigenvalue weighted by atomic mass is 16.2. The number of hydrogen-bond acceptors (Lipinski definition) is 2. The minimum Gasteiger partial charge on any atom is -0.267 e. The molecule has 0 spiro atoms. The van der Waals surface area contributed by atoms with E-state index in [4.69, 9.17) is 0 Å². The summed E-state index contributed by atoms with van der Waals surface area (Å²) in [6, 6.07) is 7.60. The maximum atomic E-state index is 12.0. The number of carbonyl (C=O) groups is 1. The first kappa shape index (κ1) is 11.5. The summed E-state index contributed by atoms with van der Waals surface area (Å²) in [5.74, 6) is 1.36. The Labute approximate surface area is 107 Å². The maximum absolute atomic E-state index is 12.0. The molecule has 0 aromatic heterocycles. The van der Waals surface area contributed by atoms with Crippen LogP contribution in [0, 0.1) is 18.8 Å². The van der Waals surface area contributed by atoms with Gasteiger partial charge in [-0.15, -0.1) is 0 Å². The summed E-state index contributed by atoms with van der Waals surface area (Å²) in [7, 11) is 0. The Morgan fingerprint density at radius 2 is 2.17 bits per heavy atom. The van der Waals surface area contributed by atoms with Gasteiger partial charge in [0.15, 0.2) is 0 Å². The van der Waals surface area contributed by atoms with Crippen LogP contribution in [0.3, 0.4) is 0 Å². The van der Waals surface area contributed by atoms with E-state index in [-0.39, 0.29) is 5.91 Å². The molecule has 1 aromatic carbocycles. The zero-order chi connectivity index (χ0) is 12.5. The summed E-state index contributed by atoms with van der Waals surface area (Å²) in [5, 5.41) is 4.34. The molecule has 0 saturated heterocycles. The second-order valence-corrected chi connectivity index (χ2v) is 5.44. The van der Waals surface area contributed by atoms with Crippen LogP contribution >= 0.6 is 0 Å². The molecule has 2 bridgehead atoms. The van der Waals surface area contributed by atoms with E-state index in [0.717, 1.165) is 17.9 Å². The number of aryl methyl sites for hydroxylation is 1. The molecule has 2 fully saturated rings. The van der Waals surface area contributed by atoms with E-state index in [0.29, 0.717) is 11.5 Å². The lowest BCUT2D eigenvalue weighted by molar-refractivity contribution is 0.0954. The fourth-order valence-corrected chi connectivity index (χ4v) is 3.17. The van der Waals surface area contributed by atoms with E-state index in [2.05, 4.69) is 10.5 Å². The van der Waals surface area contributed by atoms with Crippen molar-refractivity contribution in [1.29, 1.82) is 0 Å². The fraction of sp³-hybridized carbons (Fsp3) is 0.467. The highest BCUT2D eigenvalue weighted by Crippen LogP contribution is 2.42. The van der Waals surface area contributed by atoms with E-state index in [9.17, 15) is 4.79 Å². The Morgan fingerprint density at radius 1 is 1.33 bits per heavy atom. The third-order valence-electron chi connectivity index (χ3n) is 4.20. The van der Waals surface area contributed by atoms with Crippen LogP contribution < -0.4 is 5.43 Å². The molecule has 3 nitrogen and oxygen atoms in total. The number of amides is 1. The smallest absolute Gasteiger partial charge is 0.267 e. The number of fused-ring (bicyclic) bond motifs is 2. The van der Waals surface area contributed by atoms with Crippen LogP contribution in [-0.2, 0) is 0 Å². The van der Waals surface area contributed by atoms with Gasteiger partial charge in [-0.2, -0.15) is 5.10 Å². The largest absolute Gasteiger partial charge is 0.271 e. The van der Waals surface area contributed by atoms with Crippen molar-refractivity contribution >= 4 is 11.6 Å². The standard InChI is InChI=1S/C15H18N2O/c1-10-4-2-3-5-13(10)15(18)17-16-14-9-11-6-7-12(14)8-11/h2-5,11-12H,6-9H2,1H3,(H,17,18). The van der Waals surface area contributed by atoms with Crippen LogP contribution in [0.1, 0.15) is 41.6 Å². The first-order valence-electron chi connectivity index (χ1n) is 6.66. The zero-order valence-corrected chi connectivity index (χ0v) is 10.6. The molecule has 0 radical (unpaired) electrons. The molecule has 2 unspecified atom stereocenters. The van der Waals surface area contributed by atoms with Crippen molar-refractivity contribution < 1.29 is 4.79 Å². The van der Waals surface area contributed by atoms with Crippen molar-refractivity contribution in [2.24, 2.45) is 16.9 Å². The molecule has 0 heterocycles. The quantitative estimate of drug-likeness (QED) is 0.796. The van der Waals surface area contributed by atoms with Gasteiger partial charge in [0, 0.05) is 11.3 Å². The predicted octanol–water partition coefficient (Wildman–Crippen LogP) is 2.90. The minimum absolute atomic E-state index is 0.0941. The summed E-state index contributed by atoms with van der Waals surface area (Å²) in [6.07, 6.45) is 4.96. The first-order chi connectivity index (χ1) is 8.74. The van der Waals surface area contributed by atoms with Crippen LogP contribution in [0.5, 0.6) is 0 Å². The summed E-state index contributed by atoms with van der Waals surface area (Å²) >= 11 is 0. The van der Waals surface area contributed by atoms with Crippen LogP contribution in [0.2, 0.25) is 0 Å². The third kappa shape index (κ3) is 2.05. The Kier molecular flexibility index (Phi) is 2.90. The third-order valence-corrected chi connectivity index (χ3v) is 4.20. The van der Waals surface area contributed by atoms with Gasteiger partial charge in [-0.05, 0) is 56.1 Å². The molecular formula is C15H18N2O. The molecule has 1 N–H and O–H groups in total. The number of nitrogens with zero attached hydrogens (tertiary/aromatic N) is 1. The van der Waals surface area contributed by atoms with Crippen molar-refractivity contribution in [3.05, 3.63) is 35.4 Å². The van der Waals surface area contributed by atoms with E-state index in [1.807, 2.05) is 31.2 Å².